The smallest absolute Gasteiger partial charge is 0.208 e. The van der Waals surface area contributed by atoms with Gasteiger partial charge in [-0.25, -0.2) is 0 Å². The average Bonchev–Trinajstić information content (AvgIpc) is 2.16. The number of fused-ring (bicyclic) bond motifs is 1. The molecule has 0 unspecified atom stereocenters. The molecule has 14 heavy (non-hydrogen) atoms. The van der Waals surface area contributed by atoms with Crippen molar-refractivity contribution in [3.8, 4) is 0 Å². The average molecular weight is 338 g/mol. The fourth-order valence-corrected chi connectivity index (χ4v) is 2.09. The molecular formula is C9H3Br2ClO2. The van der Waals surface area contributed by atoms with E-state index < -0.39 is 0 Å². The lowest BCUT2D eigenvalue weighted by molar-refractivity contribution is 0.597. The fraction of sp³-hybridized carbons (Fsp3) is 0. The van der Waals surface area contributed by atoms with Gasteiger partial charge in [0.2, 0.25) is 5.43 Å². The molecule has 0 aliphatic carbocycles. The molecule has 72 valence electrons. The van der Waals surface area contributed by atoms with Gasteiger partial charge in [-0.05, 0) is 44.0 Å². The van der Waals surface area contributed by atoms with E-state index in [2.05, 4.69) is 31.9 Å². The van der Waals surface area contributed by atoms with Crippen molar-refractivity contribution in [2.24, 2.45) is 0 Å². The Morgan fingerprint density at radius 2 is 1.93 bits per heavy atom. The lowest BCUT2D eigenvalue weighted by atomic mass is 10.2. The Labute approximate surface area is 101 Å². The van der Waals surface area contributed by atoms with Crippen LogP contribution in [0, 0.1) is 0 Å². The molecular weight excluding hydrogens is 335 g/mol. The minimum absolute atomic E-state index is 0.169. The molecule has 0 radical (unpaired) electrons. The summed E-state index contributed by atoms with van der Waals surface area (Å²) in [4.78, 5) is 11.7. The second-order valence-corrected chi connectivity index (χ2v) is 4.76. The van der Waals surface area contributed by atoms with Gasteiger partial charge in [0.1, 0.15) is 10.7 Å². The van der Waals surface area contributed by atoms with Crippen molar-refractivity contribution < 1.29 is 4.42 Å². The van der Waals surface area contributed by atoms with Crippen LogP contribution in [0.5, 0.6) is 0 Å². The highest BCUT2D eigenvalue weighted by molar-refractivity contribution is 9.11. The van der Waals surface area contributed by atoms with Gasteiger partial charge < -0.3 is 4.42 Å². The van der Waals surface area contributed by atoms with Gasteiger partial charge in [0.15, 0.2) is 5.58 Å². The molecule has 5 heteroatoms. The molecule has 0 saturated carbocycles. The molecule has 0 spiro atoms. The van der Waals surface area contributed by atoms with Crippen LogP contribution in [0.4, 0.5) is 0 Å². The van der Waals surface area contributed by atoms with Crippen molar-refractivity contribution in [1.82, 2.24) is 0 Å². The van der Waals surface area contributed by atoms with Gasteiger partial charge in [0.05, 0.1) is 14.9 Å². The number of hydrogen-bond donors (Lipinski definition) is 0. The highest BCUT2D eigenvalue weighted by Crippen LogP contribution is 2.28. The lowest BCUT2D eigenvalue weighted by Gasteiger charge is -2.01. The summed E-state index contributed by atoms with van der Waals surface area (Å²) in [5.41, 5.74) is 0.295. The highest BCUT2D eigenvalue weighted by atomic mass is 79.9. The molecule has 2 aromatic rings. The topological polar surface area (TPSA) is 30.2 Å². The molecule has 0 N–H and O–H groups in total. The second kappa shape index (κ2) is 3.68. The van der Waals surface area contributed by atoms with Crippen LogP contribution in [0.25, 0.3) is 11.0 Å². The van der Waals surface area contributed by atoms with E-state index in [9.17, 15) is 4.79 Å². The van der Waals surface area contributed by atoms with Gasteiger partial charge in [0.25, 0.3) is 0 Å². The summed E-state index contributed by atoms with van der Waals surface area (Å²) in [5.74, 6) is 0. The van der Waals surface area contributed by atoms with Crippen LogP contribution in [0.1, 0.15) is 0 Å². The minimum Gasteiger partial charge on any atom is -0.462 e. The predicted molar refractivity (Wildman–Crippen MR) is 62.9 cm³/mol. The number of rotatable bonds is 0. The van der Waals surface area contributed by atoms with Crippen molar-refractivity contribution in [3.63, 3.8) is 0 Å². The molecule has 0 atom stereocenters. The van der Waals surface area contributed by atoms with E-state index >= 15 is 0 Å². The third-order valence-corrected chi connectivity index (χ3v) is 3.27. The van der Waals surface area contributed by atoms with E-state index in [1.165, 1.54) is 6.26 Å². The van der Waals surface area contributed by atoms with E-state index in [-0.39, 0.29) is 5.43 Å². The Hall–Kier alpha value is -0.320. The van der Waals surface area contributed by atoms with Crippen molar-refractivity contribution in [2.75, 3.05) is 0 Å². The van der Waals surface area contributed by atoms with Crippen LogP contribution in [-0.2, 0) is 0 Å². The zero-order valence-electron chi connectivity index (χ0n) is 6.68. The van der Waals surface area contributed by atoms with E-state index in [1.807, 2.05) is 0 Å². The maximum absolute atomic E-state index is 11.7. The molecule has 1 heterocycles. The maximum atomic E-state index is 11.7. The van der Waals surface area contributed by atoms with Gasteiger partial charge in [-0.15, -0.1) is 0 Å². The van der Waals surface area contributed by atoms with E-state index in [0.29, 0.717) is 24.9 Å². The summed E-state index contributed by atoms with van der Waals surface area (Å²) in [6.07, 6.45) is 1.35. The van der Waals surface area contributed by atoms with Crippen molar-refractivity contribution in [1.29, 1.82) is 0 Å². The number of halogens is 3. The third-order valence-electron chi connectivity index (χ3n) is 1.78. The molecule has 1 aromatic heterocycles. The Morgan fingerprint density at radius 1 is 1.21 bits per heavy atom. The third kappa shape index (κ3) is 1.51. The first kappa shape index (κ1) is 10.2. The summed E-state index contributed by atoms with van der Waals surface area (Å²) < 4.78 is 6.33. The zero-order valence-corrected chi connectivity index (χ0v) is 10.6. The summed E-state index contributed by atoms with van der Waals surface area (Å²) in [6, 6.07) is 3.39. The summed E-state index contributed by atoms with van der Waals surface area (Å²) in [7, 11) is 0. The van der Waals surface area contributed by atoms with E-state index in [0.717, 1.165) is 0 Å². The molecule has 0 bridgehead atoms. The molecule has 0 fully saturated rings. The summed E-state index contributed by atoms with van der Waals surface area (Å²) in [5, 5.41) is 0.772. The van der Waals surface area contributed by atoms with Crippen LogP contribution in [0.2, 0.25) is 5.02 Å². The first-order chi connectivity index (χ1) is 6.61. The van der Waals surface area contributed by atoms with Gasteiger partial charge in [-0.3, -0.25) is 4.79 Å². The molecule has 0 aliphatic heterocycles. The van der Waals surface area contributed by atoms with Crippen LogP contribution in [-0.4, -0.2) is 0 Å². The van der Waals surface area contributed by atoms with Crippen molar-refractivity contribution >= 4 is 54.4 Å². The van der Waals surface area contributed by atoms with E-state index in [4.69, 9.17) is 16.0 Å². The Bertz CT molecular complexity index is 562. The Morgan fingerprint density at radius 3 is 2.64 bits per heavy atom. The molecule has 0 aliphatic rings. The fourth-order valence-electron chi connectivity index (χ4n) is 1.14. The monoisotopic (exact) mass is 336 g/mol. The quantitative estimate of drug-likeness (QED) is 0.727. The molecule has 2 rings (SSSR count). The second-order valence-electron chi connectivity index (χ2n) is 2.65. The van der Waals surface area contributed by atoms with Crippen LogP contribution in [0.3, 0.4) is 0 Å². The standard InChI is InChI=1S/C9H3Br2ClO2/c10-4-1-2-6(12)7-8(13)5(11)3-14-9(4)7/h1-3H. The molecule has 0 saturated heterocycles. The Kier molecular flexibility index (Phi) is 2.68. The van der Waals surface area contributed by atoms with E-state index in [1.54, 1.807) is 12.1 Å². The first-order valence-electron chi connectivity index (χ1n) is 3.66. The van der Waals surface area contributed by atoms with Crippen LogP contribution in [0.15, 0.2) is 36.6 Å². The van der Waals surface area contributed by atoms with Gasteiger partial charge in [-0.2, -0.15) is 0 Å². The largest absolute Gasteiger partial charge is 0.462 e. The normalized spacial score (nSPS) is 10.8. The summed E-state index contributed by atoms with van der Waals surface area (Å²) >= 11 is 12.3. The number of benzene rings is 1. The van der Waals surface area contributed by atoms with Gasteiger partial charge in [-0.1, -0.05) is 11.6 Å². The maximum Gasteiger partial charge on any atom is 0.208 e. The first-order valence-corrected chi connectivity index (χ1v) is 5.62. The molecule has 1 aromatic carbocycles. The predicted octanol–water partition coefficient (Wildman–Crippen LogP) is 3.97. The van der Waals surface area contributed by atoms with Crippen LogP contribution >= 0.6 is 43.5 Å². The van der Waals surface area contributed by atoms with Gasteiger partial charge in [0, 0.05) is 0 Å². The summed E-state index contributed by atoms with van der Waals surface area (Å²) in [6.45, 7) is 0. The highest BCUT2D eigenvalue weighted by Gasteiger charge is 2.10. The Balaban J connectivity index is 3.09. The number of hydrogen-bond acceptors (Lipinski definition) is 2. The van der Waals surface area contributed by atoms with Crippen molar-refractivity contribution in [2.45, 2.75) is 0 Å². The van der Waals surface area contributed by atoms with Crippen LogP contribution < -0.4 is 5.43 Å². The van der Waals surface area contributed by atoms with Crippen molar-refractivity contribution in [3.05, 3.63) is 42.6 Å². The molecule has 2 nitrogen and oxygen atoms in total. The minimum atomic E-state index is -0.169. The SMILES string of the molecule is O=c1c(Br)coc2c(Br)ccc(Cl)c12. The zero-order chi connectivity index (χ0) is 10.3. The van der Waals surface area contributed by atoms with Gasteiger partial charge >= 0.3 is 0 Å². The lowest BCUT2D eigenvalue weighted by Crippen LogP contribution is -2.02. The molecule has 0 amide bonds.